The van der Waals surface area contributed by atoms with Crippen molar-refractivity contribution in [2.24, 2.45) is 5.41 Å². The monoisotopic (exact) mass is 461 g/mol. The van der Waals surface area contributed by atoms with Crippen LogP contribution in [-0.2, 0) is 11.3 Å². The molecule has 4 aromatic rings. The largest absolute Gasteiger partial charge is 0.378 e. The quantitative estimate of drug-likeness (QED) is 0.440. The number of benzene rings is 1. The predicted molar refractivity (Wildman–Crippen MR) is 128 cm³/mol. The molecule has 3 aromatic heterocycles. The molecule has 168 valence electrons. The Bertz CT molecular complexity index is 1340. The third-order valence-corrected chi connectivity index (χ3v) is 5.94. The van der Waals surface area contributed by atoms with Gasteiger partial charge in [-0.25, -0.2) is 14.6 Å². The first-order valence-corrected chi connectivity index (χ1v) is 11.2. The van der Waals surface area contributed by atoms with Crippen LogP contribution < -0.4 is 4.90 Å². The number of pyridine rings is 1. The predicted octanol–water partition coefficient (Wildman–Crippen LogP) is 4.32. The van der Waals surface area contributed by atoms with Crippen molar-refractivity contribution in [3.05, 3.63) is 53.9 Å². The summed E-state index contributed by atoms with van der Waals surface area (Å²) in [6.07, 6.45) is 3.67. The van der Waals surface area contributed by atoms with Gasteiger partial charge in [0.05, 0.1) is 42.4 Å². The van der Waals surface area contributed by atoms with Crippen molar-refractivity contribution in [2.75, 3.05) is 31.2 Å². The fraction of sp³-hybridized carbons (Fsp3) is 0.333. The average molecular weight is 462 g/mol. The lowest BCUT2D eigenvalue weighted by atomic mass is 9.96. The molecule has 0 spiro atoms. The Hall–Kier alpha value is -3.41. The van der Waals surface area contributed by atoms with E-state index in [0.717, 1.165) is 41.2 Å². The summed E-state index contributed by atoms with van der Waals surface area (Å²) in [6, 6.07) is 14.0. The zero-order chi connectivity index (χ0) is 23.0. The Labute approximate surface area is 197 Å². The van der Waals surface area contributed by atoms with Gasteiger partial charge >= 0.3 is 0 Å². The fourth-order valence-electron chi connectivity index (χ4n) is 4.00. The van der Waals surface area contributed by atoms with E-state index in [4.69, 9.17) is 26.4 Å². The number of aromatic nitrogens is 5. The normalized spacial score (nSPS) is 14.5. The summed E-state index contributed by atoms with van der Waals surface area (Å²) < 4.78 is 9.27. The lowest BCUT2D eigenvalue weighted by Crippen LogP contribution is -2.36. The van der Waals surface area contributed by atoms with Gasteiger partial charge in [0, 0.05) is 42.5 Å². The zero-order valence-electron chi connectivity index (χ0n) is 18.6. The number of hydrogen-bond donors (Lipinski definition) is 0. The van der Waals surface area contributed by atoms with Crippen LogP contribution in [0.2, 0.25) is 5.02 Å². The Morgan fingerprint density at radius 3 is 2.76 bits per heavy atom. The molecule has 0 N–H and O–H groups in total. The third kappa shape index (κ3) is 4.30. The van der Waals surface area contributed by atoms with Gasteiger partial charge in [-0.1, -0.05) is 23.7 Å². The minimum absolute atomic E-state index is 0.492. The number of anilines is 1. The Morgan fingerprint density at radius 2 is 2.00 bits per heavy atom. The number of halogens is 1. The second-order valence-corrected chi connectivity index (χ2v) is 9.23. The van der Waals surface area contributed by atoms with E-state index in [1.54, 1.807) is 11.0 Å². The highest BCUT2D eigenvalue weighted by Crippen LogP contribution is 2.30. The van der Waals surface area contributed by atoms with Gasteiger partial charge in [0.1, 0.15) is 5.52 Å². The molecule has 1 fully saturated rings. The van der Waals surface area contributed by atoms with Crippen molar-refractivity contribution in [3.8, 4) is 23.1 Å². The SMILES string of the molecule is CC(C)(C#N)Cn1cnc2c(N3CCOCC3)cc(-n3ccc(-c4cccc(Cl)c4)n3)nc21. The first-order chi connectivity index (χ1) is 15.9. The van der Waals surface area contributed by atoms with Crippen molar-refractivity contribution < 1.29 is 4.74 Å². The maximum atomic E-state index is 9.54. The molecule has 9 heteroatoms. The first-order valence-electron chi connectivity index (χ1n) is 10.9. The highest BCUT2D eigenvalue weighted by Gasteiger charge is 2.23. The van der Waals surface area contributed by atoms with Crippen molar-refractivity contribution in [1.82, 2.24) is 24.3 Å². The number of nitrogens with zero attached hydrogens (tertiary/aromatic N) is 7. The number of ether oxygens (including phenoxy) is 1. The molecule has 1 aliphatic rings. The van der Waals surface area contributed by atoms with Gasteiger partial charge in [-0.05, 0) is 32.0 Å². The summed E-state index contributed by atoms with van der Waals surface area (Å²) in [5.74, 6) is 0.689. The van der Waals surface area contributed by atoms with Crippen LogP contribution >= 0.6 is 11.6 Å². The number of hydrogen-bond acceptors (Lipinski definition) is 6. The second kappa shape index (κ2) is 8.50. The first kappa shape index (κ1) is 21.4. The van der Waals surface area contributed by atoms with Gasteiger partial charge in [0.2, 0.25) is 0 Å². The molecule has 0 atom stereocenters. The lowest BCUT2D eigenvalue weighted by Gasteiger charge is -2.29. The molecular formula is C24H24ClN7O. The van der Waals surface area contributed by atoms with Crippen LogP contribution in [0.1, 0.15) is 13.8 Å². The van der Waals surface area contributed by atoms with E-state index in [0.29, 0.717) is 30.6 Å². The number of rotatable bonds is 5. The summed E-state index contributed by atoms with van der Waals surface area (Å²) in [4.78, 5) is 11.9. The molecule has 33 heavy (non-hydrogen) atoms. The van der Waals surface area contributed by atoms with E-state index in [1.165, 1.54) is 0 Å². The maximum Gasteiger partial charge on any atom is 0.164 e. The van der Waals surface area contributed by atoms with E-state index in [1.807, 2.05) is 61.0 Å². The minimum atomic E-state index is -0.546. The van der Waals surface area contributed by atoms with E-state index in [-0.39, 0.29) is 0 Å². The van der Waals surface area contributed by atoms with Crippen LogP contribution in [-0.4, -0.2) is 50.6 Å². The smallest absolute Gasteiger partial charge is 0.164 e. The number of morpholine rings is 1. The third-order valence-electron chi connectivity index (χ3n) is 5.70. The average Bonchev–Trinajstić information content (AvgIpc) is 3.47. The molecule has 1 aliphatic heterocycles. The summed E-state index contributed by atoms with van der Waals surface area (Å²) in [6.45, 7) is 7.21. The van der Waals surface area contributed by atoms with Crippen LogP contribution in [0.5, 0.6) is 0 Å². The van der Waals surface area contributed by atoms with E-state index < -0.39 is 5.41 Å². The Kier molecular flexibility index (Phi) is 5.52. The molecule has 8 nitrogen and oxygen atoms in total. The Balaban J connectivity index is 1.62. The highest BCUT2D eigenvalue weighted by molar-refractivity contribution is 6.30. The van der Waals surface area contributed by atoms with Gasteiger partial charge in [-0.15, -0.1) is 0 Å². The molecule has 0 saturated carbocycles. The van der Waals surface area contributed by atoms with Crippen LogP contribution in [0.25, 0.3) is 28.2 Å². The summed E-state index contributed by atoms with van der Waals surface area (Å²) in [5, 5.41) is 15.0. The summed E-state index contributed by atoms with van der Waals surface area (Å²) in [5.41, 5.74) is 3.75. The van der Waals surface area contributed by atoms with E-state index in [9.17, 15) is 5.26 Å². The van der Waals surface area contributed by atoms with Gasteiger partial charge in [0.15, 0.2) is 11.5 Å². The lowest BCUT2D eigenvalue weighted by molar-refractivity contribution is 0.123. The second-order valence-electron chi connectivity index (χ2n) is 8.80. The fourth-order valence-corrected chi connectivity index (χ4v) is 4.19. The molecule has 0 bridgehead atoms. The van der Waals surface area contributed by atoms with Crippen molar-refractivity contribution in [2.45, 2.75) is 20.4 Å². The maximum absolute atomic E-state index is 9.54. The molecule has 0 amide bonds. The molecule has 0 aliphatic carbocycles. The van der Waals surface area contributed by atoms with Crippen LogP contribution in [0, 0.1) is 16.7 Å². The molecular weight excluding hydrogens is 438 g/mol. The van der Waals surface area contributed by atoms with Gasteiger partial charge in [-0.2, -0.15) is 10.4 Å². The summed E-state index contributed by atoms with van der Waals surface area (Å²) >= 11 is 6.17. The van der Waals surface area contributed by atoms with Gasteiger partial charge in [0.25, 0.3) is 0 Å². The molecule has 1 aromatic carbocycles. The minimum Gasteiger partial charge on any atom is -0.378 e. The standard InChI is InChI=1S/C24H24ClN7O/c1-24(2,14-26)15-31-16-27-22-20(30-8-10-33-11-9-30)13-21(28-23(22)31)32-7-6-19(29-32)17-4-3-5-18(25)12-17/h3-7,12-13,16H,8-11,15H2,1-2H3. The number of fused-ring (bicyclic) bond motifs is 1. The topological polar surface area (TPSA) is 84.8 Å². The number of nitriles is 1. The van der Waals surface area contributed by atoms with Crippen LogP contribution in [0.3, 0.4) is 0 Å². The molecule has 0 unspecified atom stereocenters. The molecule has 0 radical (unpaired) electrons. The van der Waals surface area contributed by atoms with Crippen molar-refractivity contribution >= 4 is 28.5 Å². The van der Waals surface area contributed by atoms with Crippen molar-refractivity contribution in [3.63, 3.8) is 0 Å². The van der Waals surface area contributed by atoms with Crippen molar-refractivity contribution in [1.29, 1.82) is 5.26 Å². The van der Waals surface area contributed by atoms with Crippen LogP contribution in [0.4, 0.5) is 5.69 Å². The molecule has 1 saturated heterocycles. The number of imidazole rings is 1. The zero-order valence-corrected chi connectivity index (χ0v) is 19.3. The Morgan fingerprint density at radius 1 is 1.18 bits per heavy atom. The molecule has 5 rings (SSSR count). The summed E-state index contributed by atoms with van der Waals surface area (Å²) in [7, 11) is 0. The van der Waals surface area contributed by atoms with Crippen LogP contribution in [0.15, 0.2) is 48.9 Å². The van der Waals surface area contributed by atoms with Gasteiger partial charge < -0.3 is 14.2 Å². The van der Waals surface area contributed by atoms with E-state index in [2.05, 4.69) is 16.0 Å². The van der Waals surface area contributed by atoms with E-state index >= 15 is 0 Å². The molecule has 4 heterocycles. The van der Waals surface area contributed by atoms with Gasteiger partial charge in [-0.3, -0.25) is 0 Å². The highest BCUT2D eigenvalue weighted by atomic mass is 35.5.